The number of anilines is 1. The number of hydrogen-bond donors (Lipinski definition) is 0. The first-order chi connectivity index (χ1) is 12.6. The van der Waals surface area contributed by atoms with Crippen LogP contribution in [0.5, 0.6) is 5.75 Å². The summed E-state index contributed by atoms with van der Waals surface area (Å²) in [6.45, 7) is 6.07. The molecular formula is C21H19NO3S. The molecule has 1 fully saturated rings. The van der Waals surface area contributed by atoms with Gasteiger partial charge in [0.05, 0.1) is 10.6 Å². The molecule has 0 aliphatic carbocycles. The number of imide groups is 1. The molecule has 2 amide bonds. The molecule has 0 saturated carbocycles. The Morgan fingerprint density at radius 1 is 1.12 bits per heavy atom. The minimum atomic E-state index is -0.317. The van der Waals surface area contributed by atoms with Gasteiger partial charge in [0.15, 0.2) is 0 Å². The van der Waals surface area contributed by atoms with Crippen molar-refractivity contribution in [1.82, 2.24) is 0 Å². The largest absolute Gasteiger partial charge is 0.489 e. The molecule has 0 atom stereocenters. The van der Waals surface area contributed by atoms with Crippen LogP contribution >= 0.6 is 11.8 Å². The summed E-state index contributed by atoms with van der Waals surface area (Å²) < 4.78 is 5.61. The van der Waals surface area contributed by atoms with Gasteiger partial charge in [0.25, 0.3) is 11.1 Å². The second-order valence-electron chi connectivity index (χ2n) is 5.67. The molecule has 0 spiro atoms. The molecule has 3 rings (SSSR count). The zero-order valence-electron chi connectivity index (χ0n) is 14.5. The number of carbonyl (C=O) groups is 2. The molecule has 4 nitrogen and oxygen atoms in total. The fraction of sp³-hybridized carbons (Fsp3) is 0.143. The van der Waals surface area contributed by atoms with Crippen molar-refractivity contribution in [3.63, 3.8) is 0 Å². The summed E-state index contributed by atoms with van der Waals surface area (Å²) in [7, 11) is 0. The lowest BCUT2D eigenvalue weighted by Gasteiger charge is -2.12. The van der Waals surface area contributed by atoms with Gasteiger partial charge in [-0.25, -0.2) is 4.90 Å². The molecule has 0 radical (unpaired) electrons. The average Bonchev–Trinajstić information content (AvgIpc) is 2.94. The Morgan fingerprint density at radius 2 is 1.85 bits per heavy atom. The maximum Gasteiger partial charge on any atom is 0.298 e. The Kier molecular flexibility index (Phi) is 5.58. The number of para-hydroxylation sites is 1. The van der Waals surface area contributed by atoms with Crippen LogP contribution in [0.4, 0.5) is 10.5 Å². The van der Waals surface area contributed by atoms with Gasteiger partial charge in [0.1, 0.15) is 12.4 Å². The highest BCUT2D eigenvalue weighted by atomic mass is 32.2. The SMILES string of the molecule is C=CCOc1ccccc1/C=C1\SC(=O)N(c2ccc(CC)cc2)C1=O. The number of carbonyl (C=O) groups excluding carboxylic acids is 2. The van der Waals surface area contributed by atoms with Crippen molar-refractivity contribution in [3.05, 3.63) is 77.2 Å². The van der Waals surface area contributed by atoms with Gasteiger partial charge < -0.3 is 4.74 Å². The molecule has 1 aliphatic heterocycles. The molecule has 2 aromatic carbocycles. The summed E-state index contributed by atoms with van der Waals surface area (Å²) in [5, 5.41) is -0.296. The Hall–Kier alpha value is -2.79. The lowest BCUT2D eigenvalue weighted by molar-refractivity contribution is -0.113. The van der Waals surface area contributed by atoms with Gasteiger partial charge in [-0.2, -0.15) is 0 Å². The van der Waals surface area contributed by atoms with E-state index in [2.05, 4.69) is 13.5 Å². The van der Waals surface area contributed by atoms with Gasteiger partial charge in [0.2, 0.25) is 0 Å². The molecule has 1 saturated heterocycles. The standard InChI is InChI=1S/C21H19NO3S/c1-3-13-25-18-8-6-5-7-16(18)14-19-20(23)22(21(24)26-19)17-11-9-15(4-2)10-12-17/h3,5-12,14H,1,4,13H2,2H3/b19-14-. The van der Waals surface area contributed by atoms with E-state index in [0.717, 1.165) is 29.3 Å². The van der Waals surface area contributed by atoms with Gasteiger partial charge >= 0.3 is 0 Å². The van der Waals surface area contributed by atoms with E-state index in [1.54, 1.807) is 24.3 Å². The third-order valence-electron chi connectivity index (χ3n) is 3.96. The highest BCUT2D eigenvalue weighted by Crippen LogP contribution is 2.36. The first kappa shape index (κ1) is 18.0. The Balaban J connectivity index is 1.89. The second-order valence-corrected chi connectivity index (χ2v) is 6.67. The number of rotatable bonds is 6. The van der Waals surface area contributed by atoms with Crippen LogP contribution in [0.25, 0.3) is 6.08 Å². The number of thioether (sulfide) groups is 1. The molecule has 0 N–H and O–H groups in total. The molecule has 132 valence electrons. The number of aryl methyl sites for hydroxylation is 1. The predicted molar refractivity (Wildman–Crippen MR) is 106 cm³/mol. The molecule has 1 aliphatic rings. The molecule has 5 heteroatoms. The number of hydrogen-bond acceptors (Lipinski definition) is 4. The van der Waals surface area contributed by atoms with Crippen molar-refractivity contribution in [3.8, 4) is 5.75 Å². The lowest BCUT2D eigenvalue weighted by Crippen LogP contribution is -2.27. The topological polar surface area (TPSA) is 46.6 Å². The summed E-state index contributed by atoms with van der Waals surface area (Å²) in [5.41, 5.74) is 2.50. The minimum Gasteiger partial charge on any atom is -0.489 e. The maximum atomic E-state index is 12.8. The highest BCUT2D eigenvalue weighted by Gasteiger charge is 2.36. The van der Waals surface area contributed by atoms with E-state index in [4.69, 9.17) is 4.74 Å². The van der Waals surface area contributed by atoms with Gasteiger partial charge in [-0.3, -0.25) is 9.59 Å². The molecule has 0 aromatic heterocycles. The fourth-order valence-electron chi connectivity index (χ4n) is 2.59. The van der Waals surface area contributed by atoms with Crippen LogP contribution in [0.15, 0.2) is 66.1 Å². The van der Waals surface area contributed by atoms with Crippen LogP contribution in [0.2, 0.25) is 0 Å². The van der Waals surface area contributed by atoms with Gasteiger partial charge in [0, 0.05) is 5.56 Å². The summed E-state index contributed by atoms with van der Waals surface area (Å²) in [6.07, 6.45) is 4.26. The molecular weight excluding hydrogens is 346 g/mol. The van der Waals surface area contributed by atoms with E-state index < -0.39 is 0 Å². The van der Waals surface area contributed by atoms with Crippen molar-refractivity contribution in [2.24, 2.45) is 0 Å². The van der Waals surface area contributed by atoms with Crippen LogP contribution in [-0.2, 0) is 11.2 Å². The van der Waals surface area contributed by atoms with Gasteiger partial charge in [-0.1, -0.05) is 49.9 Å². The first-order valence-electron chi connectivity index (χ1n) is 8.33. The first-order valence-corrected chi connectivity index (χ1v) is 9.15. The van der Waals surface area contributed by atoms with Crippen molar-refractivity contribution in [2.45, 2.75) is 13.3 Å². The van der Waals surface area contributed by atoms with E-state index in [0.29, 0.717) is 22.9 Å². The van der Waals surface area contributed by atoms with E-state index in [9.17, 15) is 9.59 Å². The number of ether oxygens (including phenoxy) is 1. The quantitative estimate of drug-likeness (QED) is 0.530. The molecule has 1 heterocycles. The van der Waals surface area contributed by atoms with Gasteiger partial charge in [-0.15, -0.1) is 0 Å². The summed E-state index contributed by atoms with van der Waals surface area (Å²) in [5.74, 6) is 0.328. The fourth-order valence-corrected chi connectivity index (χ4v) is 3.42. The molecule has 0 bridgehead atoms. The van der Waals surface area contributed by atoms with E-state index in [1.165, 1.54) is 4.90 Å². The summed E-state index contributed by atoms with van der Waals surface area (Å²) >= 11 is 0.937. The molecule has 2 aromatic rings. The minimum absolute atomic E-state index is 0.296. The van der Waals surface area contributed by atoms with Crippen LogP contribution in [-0.4, -0.2) is 17.8 Å². The third kappa shape index (κ3) is 3.73. The zero-order chi connectivity index (χ0) is 18.5. The number of benzene rings is 2. The summed E-state index contributed by atoms with van der Waals surface area (Å²) in [4.78, 5) is 26.7. The van der Waals surface area contributed by atoms with E-state index >= 15 is 0 Å². The normalized spacial score (nSPS) is 15.6. The smallest absolute Gasteiger partial charge is 0.298 e. The molecule has 0 unspecified atom stereocenters. The van der Waals surface area contributed by atoms with Crippen LogP contribution in [0, 0.1) is 0 Å². The highest BCUT2D eigenvalue weighted by molar-refractivity contribution is 8.19. The lowest BCUT2D eigenvalue weighted by atomic mass is 10.1. The Bertz CT molecular complexity index is 871. The van der Waals surface area contributed by atoms with Crippen molar-refractivity contribution in [2.75, 3.05) is 11.5 Å². The third-order valence-corrected chi connectivity index (χ3v) is 4.83. The Labute approximate surface area is 157 Å². The number of amides is 2. The zero-order valence-corrected chi connectivity index (χ0v) is 15.3. The van der Waals surface area contributed by atoms with E-state index in [1.807, 2.05) is 36.4 Å². The maximum absolute atomic E-state index is 12.8. The Morgan fingerprint density at radius 3 is 2.54 bits per heavy atom. The van der Waals surface area contributed by atoms with Crippen LogP contribution in [0.3, 0.4) is 0 Å². The van der Waals surface area contributed by atoms with Crippen molar-refractivity contribution < 1.29 is 14.3 Å². The van der Waals surface area contributed by atoms with Gasteiger partial charge in [-0.05, 0) is 48.0 Å². The second kappa shape index (κ2) is 8.06. The average molecular weight is 365 g/mol. The van der Waals surface area contributed by atoms with Crippen LogP contribution < -0.4 is 9.64 Å². The predicted octanol–water partition coefficient (Wildman–Crippen LogP) is 5.05. The van der Waals surface area contributed by atoms with Crippen LogP contribution in [0.1, 0.15) is 18.1 Å². The molecule has 26 heavy (non-hydrogen) atoms. The number of nitrogens with zero attached hydrogens (tertiary/aromatic N) is 1. The van der Waals surface area contributed by atoms with Crippen molar-refractivity contribution in [1.29, 1.82) is 0 Å². The monoisotopic (exact) mass is 365 g/mol. The van der Waals surface area contributed by atoms with Crippen molar-refractivity contribution >= 4 is 34.7 Å². The summed E-state index contributed by atoms with van der Waals surface area (Å²) in [6, 6.07) is 14.9. The van der Waals surface area contributed by atoms with E-state index in [-0.39, 0.29) is 11.1 Å².